The number of rotatable bonds is 3. The summed E-state index contributed by atoms with van der Waals surface area (Å²) >= 11 is 1.03. The number of aromatic nitrogens is 2. The molecule has 0 bridgehead atoms. The second-order valence-corrected chi connectivity index (χ2v) is 4.48. The Kier molecular flexibility index (Phi) is 3.63. The van der Waals surface area contributed by atoms with Crippen molar-refractivity contribution in [2.45, 2.75) is 16.7 Å². The van der Waals surface area contributed by atoms with Crippen LogP contribution in [0.15, 0.2) is 39.1 Å². The van der Waals surface area contributed by atoms with Gasteiger partial charge < -0.3 is 15.8 Å². The molecule has 4 N–H and O–H groups in total. The molecule has 0 saturated carbocycles. The summed E-state index contributed by atoms with van der Waals surface area (Å²) in [6.45, 7) is -0.429. The summed E-state index contributed by atoms with van der Waals surface area (Å²) in [7, 11) is 0. The highest BCUT2D eigenvalue weighted by Crippen LogP contribution is 2.29. The van der Waals surface area contributed by atoms with Crippen LogP contribution in [0.4, 0.5) is 10.2 Å². The van der Waals surface area contributed by atoms with Crippen LogP contribution in [0.3, 0.4) is 0 Å². The smallest absolute Gasteiger partial charge is 0.253 e. The van der Waals surface area contributed by atoms with E-state index in [9.17, 15) is 9.18 Å². The minimum absolute atomic E-state index is 0.0863. The fourth-order valence-electron chi connectivity index (χ4n) is 1.39. The molecule has 0 aliphatic rings. The molecule has 0 radical (unpaired) electrons. The number of halogens is 1. The molecule has 2 rings (SSSR count). The minimum Gasteiger partial charge on any atom is -0.392 e. The van der Waals surface area contributed by atoms with Crippen LogP contribution in [-0.4, -0.2) is 15.1 Å². The third kappa shape index (κ3) is 2.69. The molecule has 0 aliphatic carbocycles. The Bertz CT molecular complexity index is 630. The topological polar surface area (TPSA) is 92.0 Å². The predicted molar refractivity (Wildman–Crippen MR) is 65.7 cm³/mol. The van der Waals surface area contributed by atoms with Gasteiger partial charge in [-0.1, -0.05) is 17.8 Å². The highest BCUT2D eigenvalue weighted by Gasteiger charge is 2.10. The lowest BCUT2D eigenvalue weighted by molar-refractivity contribution is 0.272. The van der Waals surface area contributed by atoms with Crippen LogP contribution >= 0.6 is 11.8 Å². The third-order valence-electron chi connectivity index (χ3n) is 2.18. The SMILES string of the molecule is Nc1cc(=O)[nH]c(Sc2cccc(F)c2CO)n1. The van der Waals surface area contributed by atoms with Gasteiger partial charge in [0.05, 0.1) is 6.61 Å². The highest BCUT2D eigenvalue weighted by atomic mass is 32.2. The number of nitrogen functional groups attached to an aromatic ring is 1. The zero-order chi connectivity index (χ0) is 13.1. The zero-order valence-corrected chi connectivity index (χ0v) is 10.00. The van der Waals surface area contributed by atoms with Crippen LogP contribution < -0.4 is 11.3 Å². The molecule has 5 nitrogen and oxygen atoms in total. The lowest BCUT2D eigenvalue weighted by Gasteiger charge is -2.07. The molecule has 94 valence electrons. The standard InChI is InChI=1S/C11H10FN3O2S/c12-7-2-1-3-8(6(7)5-16)18-11-14-9(13)4-10(17)15-11/h1-4,16H,5H2,(H3,13,14,15,17). The van der Waals surface area contributed by atoms with Gasteiger partial charge in [0.15, 0.2) is 5.16 Å². The van der Waals surface area contributed by atoms with Crippen molar-refractivity contribution < 1.29 is 9.50 Å². The Morgan fingerprint density at radius 3 is 2.94 bits per heavy atom. The largest absolute Gasteiger partial charge is 0.392 e. The number of aromatic amines is 1. The third-order valence-corrected chi connectivity index (χ3v) is 3.17. The van der Waals surface area contributed by atoms with Gasteiger partial charge in [0.25, 0.3) is 5.56 Å². The van der Waals surface area contributed by atoms with Gasteiger partial charge in [-0.15, -0.1) is 0 Å². The molecule has 0 amide bonds. The number of aliphatic hydroxyl groups is 1. The Morgan fingerprint density at radius 2 is 2.28 bits per heavy atom. The van der Waals surface area contributed by atoms with E-state index in [1.54, 1.807) is 6.07 Å². The van der Waals surface area contributed by atoms with Crippen molar-refractivity contribution in [2.24, 2.45) is 0 Å². The number of benzene rings is 1. The van der Waals surface area contributed by atoms with Crippen molar-refractivity contribution in [2.75, 3.05) is 5.73 Å². The Morgan fingerprint density at radius 1 is 1.50 bits per heavy atom. The van der Waals surface area contributed by atoms with Crippen molar-refractivity contribution in [3.05, 3.63) is 46.0 Å². The molecule has 0 spiro atoms. The van der Waals surface area contributed by atoms with Crippen molar-refractivity contribution in [1.82, 2.24) is 9.97 Å². The fourth-order valence-corrected chi connectivity index (χ4v) is 2.34. The maximum atomic E-state index is 13.4. The monoisotopic (exact) mass is 267 g/mol. The van der Waals surface area contributed by atoms with Crippen molar-refractivity contribution in [3.8, 4) is 0 Å². The number of aliphatic hydroxyl groups excluding tert-OH is 1. The second kappa shape index (κ2) is 5.19. The van der Waals surface area contributed by atoms with Gasteiger partial charge in [0.2, 0.25) is 0 Å². The van der Waals surface area contributed by atoms with E-state index in [0.717, 1.165) is 17.8 Å². The summed E-state index contributed by atoms with van der Waals surface area (Å²) in [5.74, 6) is -0.419. The first-order valence-electron chi connectivity index (χ1n) is 5.03. The van der Waals surface area contributed by atoms with Crippen LogP contribution in [0, 0.1) is 5.82 Å². The quantitative estimate of drug-likeness (QED) is 0.725. The van der Waals surface area contributed by atoms with Crippen molar-refractivity contribution in [3.63, 3.8) is 0 Å². The van der Waals surface area contributed by atoms with Gasteiger partial charge in [-0.3, -0.25) is 4.79 Å². The summed E-state index contributed by atoms with van der Waals surface area (Å²) in [4.78, 5) is 18.1. The number of anilines is 1. The van der Waals surface area contributed by atoms with E-state index >= 15 is 0 Å². The van der Waals surface area contributed by atoms with E-state index < -0.39 is 12.4 Å². The van der Waals surface area contributed by atoms with Gasteiger partial charge in [0.1, 0.15) is 11.6 Å². The molecule has 0 aliphatic heterocycles. The normalized spacial score (nSPS) is 10.6. The maximum absolute atomic E-state index is 13.4. The number of hydrogen-bond donors (Lipinski definition) is 3. The molecule has 1 aromatic heterocycles. The maximum Gasteiger partial charge on any atom is 0.253 e. The Hall–Kier alpha value is -1.86. The van der Waals surface area contributed by atoms with Gasteiger partial charge in [-0.2, -0.15) is 0 Å². The van der Waals surface area contributed by atoms with Gasteiger partial charge >= 0.3 is 0 Å². The average molecular weight is 267 g/mol. The van der Waals surface area contributed by atoms with E-state index in [0.29, 0.717) is 4.90 Å². The molecular formula is C11H10FN3O2S. The van der Waals surface area contributed by atoms with Crippen LogP contribution in [0.1, 0.15) is 5.56 Å². The molecule has 1 aromatic carbocycles. The summed E-state index contributed by atoms with van der Waals surface area (Å²) < 4.78 is 13.4. The summed E-state index contributed by atoms with van der Waals surface area (Å²) in [5, 5.41) is 9.37. The van der Waals surface area contributed by atoms with E-state index in [1.165, 1.54) is 12.1 Å². The lowest BCUT2D eigenvalue weighted by Crippen LogP contribution is -2.09. The molecule has 1 heterocycles. The first-order chi connectivity index (χ1) is 8.60. The van der Waals surface area contributed by atoms with Gasteiger partial charge in [-0.05, 0) is 12.1 Å². The first kappa shape index (κ1) is 12.6. The highest BCUT2D eigenvalue weighted by molar-refractivity contribution is 7.99. The van der Waals surface area contributed by atoms with E-state index in [-0.39, 0.29) is 22.1 Å². The second-order valence-electron chi connectivity index (χ2n) is 3.45. The number of nitrogens with zero attached hydrogens (tertiary/aromatic N) is 1. The molecule has 0 atom stereocenters. The number of H-pyrrole nitrogens is 1. The van der Waals surface area contributed by atoms with Crippen LogP contribution in [0.2, 0.25) is 0 Å². The van der Waals surface area contributed by atoms with Crippen LogP contribution in [0.25, 0.3) is 0 Å². The molecule has 0 unspecified atom stereocenters. The molecule has 0 fully saturated rings. The first-order valence-corrected chi connectivity index (χ1v) is 5.84. The Balaban J connectivity index is 2.39. The molecule has 18 heavy (non-hydrogen) atoms. The fraction of sp³-hybridized carbons (Fsp3) is 0.0909. The number of nitrogens with one attached hydrogen (secondary N) is 1. The van der Waals surface area contributed by atoms with Crippen LogP contribution in [-0.2, 0) is 6.61 Å². The average Bonchev–Trinajstić information content (AvgIpc) is 2.27. The predicted octanol–water partition coefficient (Wildman–Crippen LogP) is 1.13. The molecule has 0 saturated heterocycles. The molecular weight excluding hydrogens is 257 g/mol. The molecule has 7 heteroatoms. The summed E-state index contributed by atoms with van der Waals surface area (Å²) in [6.07, 6.45) is 0. The van der Waals surface area contributed by atoms with E-state index in [4.69, 9.17) is 10.8 Å². The Labute approximate surface area is 106 Å². The number of nitrogens with two attached hydrogens (primary N) is 1. The van der Waals surface area contributed by atoms with Crippen molar-refractivity contribution in [1.29, 1.82) is 0 Å². The van der Waals surface area contributed by atoms with Crippen molar-refractivity contribution >= 4 is 17.6 Å². The summed E-state index contributed by atoms with van der Waals surface area (Å²) in [5.41, 5.74) is 5.22. The minimum atomic E-state index is -0.506. The van der Waals surface area contributed by atoms with E-state index in [2.05, 4.69) is 9.97 Å². The van der Waals surface area contributed by atoms with E-state index in [1.807, 2.05) is 0 Å². The summed E-state index contributed by atoms with van der Waals surface area (Å²) in [6, 6.07) is 5.55. The zero-order valence-electron chi connectivity index (χ0n) is 9.18. The van der Waals surface area contributed by atoms with Gasteiger partial charge in [0, 0.05) is 16.5 Å². The van der Waals surface area contributed by atoms with Crippen LogP contribution in [0.5, 0.6) is 0 Å². The van der Waals surface area contributed by atoms with Gasteiger partial charge in [-0.25, -0.2) is 9.37 Å². The molecule has 2 aromatic rings. The number of hydrogen-bond acceptors (Lipinski definition) is 5. The lowest BCUT2D eigenvalue weighted by atomic mass is 10.2.